The Balaban J connectivity index is 2.62. The van der Waals surface area contributed by atoms with Crippen LogP contribution in [0.2, 0.25) is 0 Å². The summed E-state index contributed by atoms with van der Waals surface area (Å²) in [7, 11) is 1.40. The molecule has 0 fully saturated rings. The van der Waals surface area contributed by atoms with Crippen LogP contribution in [-0.2, 0) is 0 Å². The second-order valence-electron chi connectivity index (χ2n) is 3.97. The number of H-pyrrole nitrogens is 1. The van der Waals surface area contributed by atoms with Crippen molar-refractivity contribution < 1.29 is 9.13 Å². The molecule has 1 aromatic carbocycles. The van der Waals surface area contributed by atoms with Crippen LogP contribution in [0.5, 0.6) is 5.75 Å². The number of ether oxygens (including phenoxy) is 1. The van der Waals surface area contributed by atoms with Gasteiger partial charge in [0, 0.05) is 11.1 Å². The molecular formula is C13H13FN2O2. The van der Waals surface area contributed by atoms with E-state index in [1.165, 1.54) is 19.2 Å². The summed E-state index contributed by atoms with van der Waals surface area (Å²) in [4.78, 5) is 18.5. The van der Waals surface area contributed by atoms with E-state index >= 15 is 0 Å². The molecule has 2 aromatic rings. The van der Waals surface area contributed by atoms with Gasteiger partial charge in [-0.2, -0.15) is 0 Å². The number of aromatic amines is 1. The fraction of sp³-hybridized carbons (Fsp3) is 0.231. The Kier molecular flexibility index (Phi) is 3.14. The summed E-state index contributed by atoms with van der Waals surface area (Å²) < 4.78 is 18.5. The van der Waals surface area contributed by atoms with E-state index in [4.69, 9.17) is 4.74 Å². The molecule has 1 N–H and O–H groups in total. The van der Waals surface area contributed by atoms with Crippen LogP contribution in [0.15, 0.2) is 23.0 Å². The number of rotatable bonds is 2. The summed E-state index contributed by atoms with van der Waals surface area (Å²) >= 11 is 0. The minimum atomic E-state index is -0.478. The van der Waals surface area contributed by atoms with Gasteiger partial charge in [0.1, 0.15) is 5.82 Å². The molecule has 0 atom stereocenters. The van der Waals surface area contributed by atoms with E-state index in [9.17, 15) is 9.18 Å². The molecule has 4 nitrogen and oxygen atoms in total. The van der Waals surface area contributed by atoms with E-state index in [0.29, 0.717) is 22.6 Å². The highest BCUT2D eigenvalue weighted by Crippen LogP contribution is 2.25. The van der Waals surface area contributed by atoms with Gasteiger partial charge in [0.15, 0.2) is 11.6 Å². The van der Waals surface area contributed by atoms with Gasteiger partial charge in [0.2, 0.25) is 0 Å². The van der Waals surface area contributed by atoms with Gasteiger partial charge >= 0.3 is 0 Å². The molecular weight excluding hydrogens is 235 g/mol. The molecule has 18 heavy (non-hydrogen) atoms. The van der Waals surface area contributed by atoms with Crippen LogP contribution in [0.4, 0.5) is 4.39 Å². The lowest BCUT2D eigenvalue weighted by Crippen LogP contribution is -2.14. The Morgan fingerprint density at radius 2 is 2.06 bits per heavy atom. The average Bonchev–Trinajstić information content (AvgIpc) is 2.33. The van der Waals surface area contributed by atoms with Crippen molar-refractivity contribution in [1.29, 1.82) is 0 Å². The van der Waals surface area contributed by atoms with Gasteiger partial charge < -0.3 is 9.72 Å². The normalized spacial score (nSPS) is 10.4. The standard InChI is InChI=1S/C13H13FN2O2/c1-7-12(15-8(2)16-13(7)17)9-4-5-11(18-3)10(14)6-9/h4-6H,1-3H3,(H,15,16,17). The van der Waals surface area contributed by atoms with E-state index in [1.54, 1.807) is 19.9 Å². The second-order valence-corrected chi connectivity index (χ2v) is 3.97. The lowest BCUT2D eigenvalue weighted by Gasteiger charge is -2.07. The molecule has 2 rings (SSSR count). The molecule has 0 aliphatic rings. The predicted molar refractivity (Wildman–Crippen MR) is 66.3 cm³/mol. The molecule has 0 spiro atoms. The topological polar surface area (TPSA) is 55.0 Å². The molecule has 0 saturated heterocycles. The summed E-state index contributed by atoms with van der Waals surface area (Å²) in [6.45, 7) is 3.34. The van der Waals surface area contributed by atoms with Gasteiger partial charge in [-0.3, -0.25) is 4.79 Å². The van der Waals surface area contributed by atoms with E-state index in [0.717, 1.165) is 0 Å². The molecule has 0 saturated carbocycles. The number of aryl methyl sites for hydroxylation is 1. The third-order valence-electron chi connectivity index (χ3n) is 2.69. The van der Waals surface area contributed by atoms with E-state index in [1.807, 2.05) is 0 Å². The molecule has 0 bridgehead atoms. The van der Waals surface area contributed by atoms with Gasteiger partial charge in [0.25, 0.3) is 5.56 Å². The minimum absolute atomic E-state index is 0.165. The molecule has 1 heterocycles. The summed E-state index contributed by atoms with van der Waals surface area (Å²) in [6.07, 6.45) is 0. The van der Waals surface area contributed by atoms with Gasteiger partial charge in [-0.1, -0.05) is 0 Å². The molecule has 0 amide bonds. The molecule has 94 valence electrons. The Hall–Kier alpha value is -2.17. The van der Waals surface area contributed by atoms with Gasteiger partial charge in [-0.05, 0) is 32.0 Å². The Bertz CT molecular complexity index is 650. The second kappa shape index (κ2) is 4.60. The summed E-state index contributed by atoms with van der Waals surface area (Å²) in [5, 5.41) is 0. The summed E-state index contributed by atoms with van der Waals surface area (Å²) in [5.74, 6) is 0.184. The van der Waals surface area contributed by atoms with Crippen LogP contribution < -0.4 is 10.3 Å². The Labute approximate surface area is 103 Å². The van der Waals surface area contributed by atoms with Crippen molar-refractivity contribution >= 4 is 0 Å². The number of nitrogens with zero attached hydrogens (tertiary/aromatic N) is 1. The Morgan fingerprint density at radius 3 is 2.67 bits per heavy atom. The van der Waals surface area contributed by atoms with Crippen molar-refractivity contribution in [3.05, 3.63) is 45.8 Å². The number of aromatic nitrogens is 2. The summed E-state index contributed by atoms with van der Waals surface area (Å²) in [5.41, 5.74) is 1.29. The summed E-state index contributed by atoms with van der Waals surface area (Å²) in [6, 6.07) is 4.51. The first kappa shape index (κ1) is 12.3. The SMILES string of the molecule is COc1ccc(-c2nc(C)[nH]c(=O)c2C)cc1F. The number of hydrogen-bond donors (Lipinski definition) is 1. The Morgan fingerprint density at radius 1 is 1.33 bits per heavy atom. The third-order valence-corrected chi connectivity index (χ3v) is 2.69. The van der Waals surface area contributed by atoms with Crippen LogP contribution in [0.25, 0.3) is 11.3 Å². The van der Waals surface area contributed by atoms with Crippen molar-refractivity contribution in [1.82, 2.24) is 9.97 Å². The zero-order valence-electron chi connectivity index (χ0n) is 10.4. The fourth-order valence-electron chi connectivity index (χ4n) is 1.74. The van der Waals surface area contributed by atoms with Crippen molar-refractivity contribution in [2.75, 3.05) is 7.11 Å². The van der Waals surface area contributed by atoms with E-state index in [2.05, 4.69) is 9.97 Å². The van der Waals surface area contributed by atoms with Crippen LogP contribution >= 0.6 is 0 Å². The van der Waals surface area contributed by atoms with Crippen molar-refractivity contribution in [2.45, 2.75) is 13.8 Å². The largest absolute Gasteiger partial charge is 0.494 e. The van der Waals surface area contributed by atoms with Crippen LogP contribution in [-0.4, -0.2) is 17.1 Å². The van der Waals surface area contributed by atoms with Crippen LogP contribution in [0.3, 0.4) is 0 Å². The first-order valence-electron chi connectivity index (χ1n) is 5.44. The highest BCUT2D eigenvalue weighted by molar-refractivity contribution is 5.63. The predicted octanol–water partition coefficient (Wildman–Crippen LogP) is 2.20. The van der Waals surface area contributed by atoms with Crippen molar-refractivity contribution in [2.24, 2.45) is 0 Å². The average molecular weight is 248 g/mol. The maximum absolute atomic E-state index is 13.6. The minimum Gasteiger partial charge on any atom is -0.494 e. The maximum Gasteiger partial charge on any atom is 0.254 e. The molecule has 0 aliphatic heterocycles. The number of halogens is 1. The molecule has 1 aromatic heterocycles. The van der Waals surface area contributed by atoms with E-state index in [-0.39, 0.29) is 11.3 Å². The highest BCUT2D eigenvalue weighted by Gasteiger charge is 2.11. The highest BCUT2D eigenvalue weighted by atomic mass is 19.1. The first-order valence-corrected chi connectivity index (χ1v) is 5.44. The number of nitrogens with one attached hydrogen (secondary N) is 1. The lowest BCUT2D eigenvalue weighted by atomic mass is 10.1. The number of benzene rings is 1. The number of hydrogen-bond acceptors (Lipinski definition) is 3. The fourth-order valence-corrected chi connectivity index (χ4v) is 1.74. The third kappa shape index (κ3) is 2.11. The zero-order valence-corrected chi connectivity index (χ0v) is 10.4. The monoisotopic (exact) mass is 248 g/mol. The number of methoxy groups -OCH3 is 1. The van der Waals surface area contributed by atoms with Crippen molar-refractivity contribution in [3.63, 3.8) is 0 Å². The zero-order chi connectivity index (χ0) is 13.3. The van der Waals surface area contributed by atoms with Gasteiger partial charge in [0.05, 0.1) is 12.8 Å². The van der Waals surface area contributed by atoms with Crippen LogP contribution in [0, 0.1) is 19.7 Å². The van der Waals surface area contributed by atoms with Gasteiger partial charge in [-0.25, -0.2) is 9.37 Å². The lowest BCUT2D eigenvalue weighted by molar-refractivity contribution is 0.386. The van der Waals surface area contributed by atoms with Crippen LogP contribution in [0.1, 0.15) is 11.4 Å². The van der Waals surface area contributed by atoms with E-state index < -0.39 is 5.82 Å². The molecule has 5 heteroatoms. The molecule has 0 radical (unpaired) electrons. The van der Waals surface area contributed by atoms with Crippen molar-refractivity contribution in [3.8, 4) is 17.0 Å². The smallest absolute Gasteiger partial charge is 0.254 e. The molecule has 0 aliphatic carbocycles. The quantitative estimate of drug-likeness (QED) is 0.886. The molecule has 0 unspecified atom stereocenters. The van der Waals surface area contributed by atoms with Gasteiger partial charge in [-0.15, -0.1) is 0 Å². The maximum atomic E-state index is 13.6. The first-order chi connectivity index (χ1) is 8.52.